The Morgan fingerprint density at radius 1 is 0.447 bits per heavy atom. The second-order valence-electron chi connectivity index (χ2n) is 11.9. The van der Waals surface area contributed by atoms with Crippen molar-refractivity contribution in [3.63, 3.8) is 0 Å². The predicted octanol–water partition coefficient (Wildman–Crippen LogP) is 11.1. The molecule has 0 aliphatic carbocycles. The largest absolute Gasteiger partial charge is 0.493 e. The maximum absolute atomic E-state index is 12.7. The number of fused-ring (bicyclic) bond motifs is 4. The Kier molecular flexibility index (Phi) is 5.74. The van der Waals surface area contributed by atoms with Gasteiger partial charge in [0.25, 0.3) is 0 Å². The fourth-order valence-electron chi connectivity index (χ4n) is 7.56. The van der Waals surface area contributed by atoms with Crippen LogP contribution >= 0.6 is 0 Å². The molecule has 0 radical (unpaired) electrons. The van der Waals surface area contributed by atoms with E-state index in [0.717, 1.165) is 70.9 Å². The van der Waals surface area contributed by atoms with E-state index < -0.39 is 11.9 Å². The molecule has 9 aromatic carbocycles. The Morgan fingerprint density at radius 3 is 1.57 bits per heavy atom. The fraction of sp³-hybridized carbons (Fsp3) is 0. The van der Waals surface area contributed by atoms with Crippen LogP contribution in [0, 0.1) is 5.41 Å². The average molecular weight is 607 g/mol. The first-order valence-corrected chi connectivity index (χ1v) is 15.4. The molecule has 0 bridgehead atoms. The summed E-state index contributed by atoms with van der Waals surface area (Å²) >= 11 is 0. The van der Waals surface area contributed by atoms with Crippen LogP contribution in [0.4, 0.5) is 17.1 Å². The highest BCUT2D eigenvalue weighted by Crippen LogP contribution is 2.51. The van der Waals surface area contributed by atoms with Gasteiger partial charge in [-0.1, -0.05) is 115 Å². The van der Waals surface area contributed by atoms with Crippen LogP contribution in [0.25, 0.3) is 64.6 Å². The van der Waals surface area contributed by atoms with Gasteiger partial charge in [-0.05, 0) is 62.0 Å². The number of benzene rings is 9. The van der Waals surface area contributed by atoms with Gasteiger partial charge >= 0.3 is 5.97 Å². The van der Waals surface area contributed by atoms with Crippen LogP contribution in [-0.4, -0.2) is 22.1 Å². The average Bonchev–Trinajstić information content (AvgIpc) is 3.10. The lowest BCUT2D eigenvalue weighted by Crippen LogP contribution is -2.14. The van der Waals surface area contributed by atoms with Gasteiger partial charge in [0.1, 0.15) is 0 Å². The van der Waals surface area contributed by atoms with Crippen molar-refractivity contribution in [1.29, 1.82) is 5.41 Å². The van der Waals surface area contributed by atoms with Crippen LogP contribution in [0.15, 0.2) is 140 Å². The van der Waals surface area contributed by atoms with Crippen molar-refractivity contribution in [2.24, 2.45) is 0 Å². The van der Waals surface area contributed by atoms with Gasteiger partial charge in [-0.15, -0.1) is 0 Å². The van der Waals surface area contributed by atoms with Crippen molar-refractivity contribution in [1.82, 2.24) is 0 Å². The molecule has 0 heterocycles. The Morgan fingerprint density at radius 2 is 0.957 bits per heavy atom. The van der Waals surface area contributed by atoms with Crippen LogP contribution in [0.3, 0.4) is 0 Å². The molecule has 47 heavy (non-hydrogen) atoms. The lowest BCUT2D eigenvalue weighted by atomic mass is 9.85. The molecule has 0 saturated carbocycles. The molecule has 222 valence electrons. The minimum absolute atomic E-state index is 0.0405. The van der Waals surface area contributed by atoms with Crippen LogP contribution in [0.5, 0.6) is 0 Å². The van der Waals surface area contributed by atoms with Crippen molar-refractivity contribution >= 4 is 93.6 Å². The molecular formula is C42H26N2O3. The third-order valence-corrected chi connectivity index (χ3v) is 9.47. The second kappa shape index (κ2) is 10.0. The van der Waals surface area contributed by atoms with Crippen LogP contribution < -0.4 is 4.90 Å². The van der Waals surface area contributed by atoms with Crippen molar-refractivity contribution in [2.75, 3.05) is 4.90 Å². The zero-order chi connectivity index (χ0) is 31.8. The zero-order valence-electron chi connectivity index (χ0n) is 25.0. The van der Waals surface area contributed by atoms with Gasteiger partial charge in [0.15, 0.2) is 0 Å². The topological polar surface area (TPSA) is 84.6 Å². The van der Waals surface area contributed by atoms with Gasteiger partial charge in [-0.2, -0.15) is 0 Å². The summed E-state index contributed by atoms with van der Waals surface area (Å²) in [5.41, 5.74) is 2.79. The second-order valence-corrected chi connectivity index (χ2v) is 11.9. The van der Waals surface area contributed by atoms with E-state index in [1.807, 2.05) is 54.6 Å². The molecule has 3 N–H and O–H groups in total. The summed E-state index contributed by atoms with van der Waals surface area (Å²) in [4.78, 5) is 15.0. The summed E-state index contributed by atoms with van der Waals surface area (Å²) in [5, 5.41) is 41.1. The van der Waals surface area contributed by atoms with E-state index in [4.69, 9.17) is 5.41 Å². The summed E-state index contributed by atoms with van der Waals surface area (Å²) in [5.74, 6) is -1.81. The smallest absolute Gasteiger partial charge is 0.336 e. The van der Waals surface area contributed by atoms with E-state index in [1.165, 1.54) is 0 Å². The SMILES string of the molecule is N=C(O)c1cc(N(c2cccc3ccccc23)c2cccc3ccccc23)c2c3cccc4cccc(c5ccc(C(=O)O)c1c52)c43. The first kappa shape index (κ1) is 26.9. The molecule has 0 aliphatic rings. The summed E-state index contributed by atoms with van der Waals surface area (Å²) in [6.45, 7) is 0. The number of anilines is 3. The zero-order valence-corrected chi connectivity index (χ0v) is 25.0. The van der Waals surface area contributed by atoms with E-state index in [2.05, 4.69) is 77.7 Å². The molecule has 0 amide bonds. The Bertz CT molecular complexity index is 2670. The van der Waals surface area contributed by atoms with Crippen molar-refractivity contribution in [3.05, 3.63) is 151 Å². The first-order chi connectivity index (χ1) is 23.0. The van der Waals surface area contributed by atoms with Gasteiger partial charge in [0.2, 0.25) is 5.90 Å². The lowest BCUT2D eigenvalue weighted by Gasteiger charge is -2.31. The summed E-state index contributed by atoms with van der Waals surface area (Å²) in [6, 6.07) is 46.6. The number of nitrogens with one attached hydrogen (secondary N) is 1. The third-order valence-electron chi connectivity index (χ3n) is 9.47. The number of carboxylic acids is 1. The molecule has 9 aromatic rings. The molecule has 0 fully saturated rings. The maximum atomic E-state index is 12.7. The number of carbonyl (C=O) groups is 1. The summed E-state index contributed by atoms with van der Waals surface area (Å²) in [6.07, 6.45) is 0. The number of aliphatic hydroxyl groups is 1. The number of aliphatic hydroxyl groups excluding tert-OH is 1. The van der Waals surface area contributed by atoms with Crippen molar-refractivity contribution in [2.45, 2.75) is 0 Å². The molecule has 5 heteroatoms. The van der Waals surface area contributed by atoms with Gasteiger partial charge in [0.05, 0.1) is 22.6 Å². The number of aromatic carboxylic acids is 1. The van der Waals surface area contributed by atoms with Crippen molar-refractivity contribution in [3.8, 4) is 0 Å². The van der Waals surface area contributed by atoms with Crippen LogP contribution in [0.1, 0.15) is 15.9 Å². The van der Waals surface area contributed by atoms with E-state index in [9.17, 15) is 15.0 Å². The lowest BCUT2D eigenvalue weighted by molar-refractivity contribution is 0.0699. The molecule has 0 aromatic heterocycles. The molecule has 0 spiro atoms. The van der Waals surface area contributed by atoms with Gasteiger partial charge in [-0.3, -0.25) is 5.41 Å². The van der Waals surface area contributed by atoms with E-state index in [0.29, 0.717) is 10.8 Å². The molecule has 0 aliphatic heterocycles. The van der Waals surface area contributed by atoms with Gasteiger partial charge in [-0.25, -0.2) is 4.79 Å². The van der Waals surface area contributed by atoms with Crippen LogP contribution in [0.2, 0.25) is 0 Å². The van der Waals surface area contributed by atoms with E-state index >= 15 is 0 Å². The highest BCUT2D eigenvalue weighted by Gasteiger charge is 2.28. The maximum Gasteiger partial charge on any atom is 0.336 e. The Balaban J connectivity index is 1.58. The standard InChI is InChI=1S/C42H26N2O3/c43-41(45)33-23-36(39-31-18-6-14-26-13-5-17-29(37(26)31)30-21-22-32(42(46)47)38(33)40(30)39)44(34-19-7-11-24-9-1-3-15-27(24)34)35-20-8-12-25-10-2-4-16-28(25)35/h1-23H,(H2,43,45)(H,46,47). The molecule has 0 atom stereocenters. The molecule has 0 unspecified atom stereocenters. The molecule has 5 nitrogen and oxygen atoms in total. The van der Waals surface area contributed by atoms with Crippen LogP contribution in [-0.2, 0) is 0 Å². The minimum Gasteiger partial charge on any atom is -0.493 e. The highest BCUT2D eigenvalue weighted by atomic mass is 16.4. The Hall–Kier alpha value is -6.46. The third kappa shape index (κ3) is 3.83. The molecular weight excluding hydrogens is 580 g/mol. The summed E-state index contributed by atoms with van der Waals surface area (Å²) in [7, 11) is 0. The number of nitrogens with zero attached hydrogens (tertiary/aromatic N) is 1. The quantitative estimate of drug-likeness (QED) is 0.0787. The van der Waals surface area contributed by atoms with Crippen molar-refractivity contribution < 1.29 is 15.0 Å². The van der Waals surface area contributed by atoms with Gasteiger partial charge in [0, 0.05) is 32.5 Å². The Labute approximate surface area is 269 Å². The summed E-state index contributed by atoms with van der Waals surface area (Å²) < 4.78 is 0. The predicted molar refractivity (Wildman–Crippen MR) is 194 cm³/mol. The molecule has 0 saturated heterocycles. The van der Waals surface area contributed by atoms with Gasteiger partial charge < -0.3 is 15.1 Å². The first-order valence-electron chi connectivity index (χ1n) is 15.4. The highest BCUT2D eigenvalue weighted by molar-refractivity contribution is 6.39. The fourth-order valence-corrected chi connectivity index (χ4v) is 7.56. The van der Waals surface area contributed by atoms with E-state index in [-0.39, 0.29) is 11.1 Å². The monoisotopic (exact) mass is 606 g/mol. The number of hydrogen-bond donors (Lipinski definition) is 3. The molecule has 9 rings (SSSR count). The number of hydrogen-bond acceptors (Lipinski definition) is 3. The van der Waals surface area contributed by atoms with E-state index in [1.54, 1.807) is 12.1 Å². The number of rotatable bonds is 5. The number of carboxylic acid groups (broad SMARTS) is 1. The minimum atomic E-state index is -1.12. The normalized spacial score (nSPS) is 11.7.